The number of carbonyl (C=O) groups is 2. The molecule has 0 aliphatic heterocycles. The molecule has 17 heteroatoms. The zero-order valence-corrected chi connectivity index (χ0v) is 33.9. The molecule has 54 heavy (non-hydrogen) atoms. The maximum absolute atomic E-state index is 13.9. The summed E-state index contributed by atoms with van der Waals surface area (Å²) in [5.74, 6) is 0.223. The molecule has 2 aromatic carbocycles. The summed E-state index contributed by atoms with van der Waals surface area (Å²) in [6.07, 6.45) is 5.50. The van der Waals surface area contributed by atoms with Crippen LogP contribution in [0.3, 0.4) is 0 Å². The van der Waals surface area contributed by atoms with Gasteiger partial charge >= 0.3 is 12.1 Å². The number of aliphatic hydroxyl groups is 1. The predicted molar refractivity (Wildman–Crippen MR) is 204 cm³/mol. The average Bonchev–Trinajstić information content (AvgIpc) is 3.41. The van der Waals surface area contributed by atoms with Gasteiger partial charge in [0.2, 0.25) is 10.0 Å². The number of carbonyl (C=O) groups excluding carboxylic acids is 2. The lowest BCUT2D eigenvalue weighted by molar-refractivity contribution is -0.384. The summed E-state index contributed by atoms with van der Waals surface area (Å²) in [7, 11) is -4.10. The van der Waals surface area contributed by atoms with Crippen LogP contribution in [0.4, 0.5) is 10.5 Å². The highest BCUT2D eigenvalue weighted by molar-refractivity contribution is 7.89. The van der Waals surface area contributed by atoms with Crippen LogP contribution in [0.5, 0.6) is 0 Å². The molecule has 0 saturated heterocycles. The Hall–Kier alpha value is -4.15. The Morgan fingerprint density at radius 2 is 1.74 bits per heavy atom. The molecule has 1 heterocycles. The summed E-state index contributed by atoms with van der Waals surface area (Å²) < 4.78 is 59.4. The number of rotatable bonds is 19. The lowest BCUT2D eigenvalue weighted by atomic mass is 9.83. The number of fused-ring (bicyclic) bond motifs is 1. The molecular weight excluding hydrogens is 739 g/mol. The standard InChI is InChI=1S/C37H51N3O12SSi/c1-10-37(52-54(7,8)9,24-38-53(46,47)28-17-15-27(16-18-28)40(44)45)22-26(23-50-25-48-5)21-31(34(42)49-6)33-30(19-20-41)29-13-11-12-14-32(29)39(33)35(43)51-36(2,3)4/h1,11-18,26,31,38,41H,19-25H2,2-9H3/t26-,31-,37+/m1/s1. The number of sulfonamides is 1. The van der Waals surface area contributed by atoms with E-state index >= 15 is 0 Å². The van der Waals surface area contributed by atoms with Gasteiger partial charge in [0.1, 0.15) is 18.0 Å². The van der Waals surface area contributed by atoms with Crippen LogP contribution in [-0.4, -0.2) is 95.4 Å². The maximum Gasteiger partial charge on any atom is 0.419 e. The Balaban J connectivity index is 2.18. The molecule has 0 saturated carbocycles. The van der Waals surface area contributed by atoms with Crippen LogP contribution in [-0.2, 0) is 44.6 Å². The number of aliphatic hydroxyl groups excluding tert-OH is 1. The molecule has 0 unspecified atom stereocenters. The van der Waals surface area contributed by atoms with E-state index in [1.54, 1.807) is 45.0 Å². The van der Waals surface area contributed by atoms with E-state index in [1.165, 1.54) is 18.8 Å². The fraction of sp³-hybridized carbons (Fsp3) is 0.514. The van der Waals surface area contributed by atoms with Crippen molar-refractivity contribution in [3.63, 3.8) is 0 Å². The SMILES string of the molecule is C#C[C@@](CNS(=O)(=O)c1ccc([N+](=O)[O-])cc1)(C[C@H](COCOC)C[C@@H](C(=O)OC)c1c(CCO)c2ccccc2n1C(=O)OC(C)(C)C)O[Si](C)(C)C. The summed E-state index contributed by atoms with van der Waals surface area (Å²) in [4.78, 5) is 38.1. The molecule has 3 atom stereocenters. The van der Waals surface area contributed by atoms with Crippen molar-refractivity contribution in [2.24, 2.45) is 5.92 Å². The second-order valence-electron chi connectivity index (χ2n) is 14.8. The van der Waals surface area contributed by atoms with E-state index in [2.05, 4.69) is 10.6 Å². The van der Waals surface area contributed by atoms with Gasteiger partial charge < -0.3 is 28.5 Å². The first kappa shape index (κ1) is 44.2. The van der Waals surface area contributed by atoms with Crippen LogP contribution in [0.15, 0.2) is 53.4 Å². The number of hydrogen-bond acceptors (Lipinski definition) is 12. The molecular formula is C37H51N3O12SSi. The summed E-state index contributed by atoms with van der Waals surface area (Å²) in [6, 6.07) is 11.4. The number of nitro groups is 1. The van der Waals surface area contributed by atoms with Gasteiger partial charge in [-0.3, -0.25) is 14.9 Å². The highest BCUT2D eigenvalue weighted by atomic mass is 32.2. The second kappa shape index (κ2) is 18.5. The topological polar surface area (TPSA) is 195 Å². The van der Waals surface area contributed by atoms with Gasteiger partial charge in [0.05, 0.1) is 41.5 Å². The van der Waals surface area contributed by atoms with Crippen molar-refractivity contribution in [3.05, 3.63) is 69.9 Å². The number of nitrogens with one attached hydrogen (secondary N) is 1. The molecule has 2 N–H and O–H groups in total. The first-order chi connectivity index (χ1) is 25.2. The van der Waals surface area contributed by atoms with Crippen LogP contribution < -0.4 is 4.72 Å². The quantitative estimate of drug-likeness (QED) is 0.0302. The number of nitrogens with zero attached hydrogens (tertiary/aromatic N) is 2. The normalized spacial score (nSPS) is 14.5. The Bertz CT molecular complexity index is 1930. The van der Waals surface area contributed by atoms with Crippen molar-refractivity contribution in [3.8, 4) is 12.3 Å². The van der Waals surface area contributed by atoms with Crippen LogP contribution in [0.2, 0.25) is 19.6 Å². The molecule has 0 aliphatic rings. The Morgan fingerprint density at radius 1 is 1.09 bits per heavy atom. The van der Waals surface area contributed by atoms with Crippen molar-refractivity contribution >= 4 is 47.0 Å². The zero-order chi connectivity index (χ0) is 40.5. The van der Waals surface area contributed by atoms with Gasteiger partial charge in [-0.05, 0) is 89.4 Å². The highest BCUT2D eigenvalue weighted by Crippen LogP contribution is 2.39. The van der Waals surface area contributed by atoms with Crippen molar-refractivity contribution < 1.29 is 51.4 Å². The molecule has 0 amide bonds. The first-order valence-electron chi connectivity index (χ1n) is 17.2. The van der Waals surface area contributed by atoms with E-state index < -0.39 is 64.9 Å². The van der Waals surface area contributed by atoms with Crippen molar-refractivity contribution in [2.45, 2.75) is 81.7 Å². The van der Waals surface area contributed by atoms with Gasteiger partial charge in [-0.15, -0.1) is 6.42 Å². The predicted octanol–water partition coefficient (Wildman–Crippen LogP) is 5.34. The molecule has 0 aliphatic carbocycles. The van der Waals surface area contributed by atoms with E-state index in [0.29, 0.717) is 16.5 Å². The molecule has 0 bridgehead atoms. The molecule has 3 aromatic rings. The number of nitro benzene ring substituents is 1. The molecule has 1 aromatic heterocycles. The number of non-ortho nitro benzene ring substituents is 1. The summed E-state index contributed by atoms with van der Waals surface area (Å²) in [6.45, 7) is 10.00. The number of aromatic nitrogens is 1. The van der Waals surface area contributed by atoms with Crippen LogP contribution >= 0.6 is 0 Å². The van der Waals surface area contributed by atoms with E-state index in [1.807, 2.05) is 19.6 Å². The van der Waals surface area contributed by atoms with Gasteiger partial charge in [-0.2, -0.15) is 0 Å². The van der Waals surface area contributed by atoms with Gasteiger partial charge in [0.15, 0.2) is 8.32 Å². The fourth-order valence-electron chi connectivity index (χ4n) is 6.26. The third-order valence-corrected chi connectivity index (χ3v) is 10.6. The molecule has 3 rings (SSSR count). The minimum absolute atomic E-state index is 0.0263. The summed E-state index contributed by atoms with van der Waals surface area (Å²) >= 11 is 0. The molecule has 0 fully saturated rings. The molecule has 15 nitrogen and oxygen atoms in total. The third kappa shape index (κ3) is 11.7. The first-order valence-corrected chi connectivity index (χ1v) is 22.1. The van der Waals surface area contributed by atoms with Crippen molar-refractivity contribution in [2.75, 3.05) is 40.8 Å². The van der Waals surface area contributed by atoms with Crippen LogP contribution in [0.1, 0.15) is 50.8 Å². The molecule has 0 spiro atoms. The lowest BCUT2D eigenvalue weighted by Crippen LogP contribution is -2.51. The van der Waals surface area contributed by atoms with E-state index in [0.717, 1.165) is 24.3 Å². The minimum Gasteiger partial charge on any atom is -0.469 e. The smallest absolute Gasteiger partial charge is 0.419 e. The van der Waals surface area contributed by atoms with E-state index in [9.17, 15) is 33.2 Å². The second-order valence-corrected chi connectivity index (χ2v) is 21.0. The number of ether oxygens (including phenoxy) is 4. The van der Waals surface area contributed by atoms with E-state index in [4.69, 9.17) is 29.8 Å². The monoisotopic (exact) mass is 789 g/mol. The lowest BCUT2D eigenvalue weighted by Gasteiger charge is -2.38. The number of benzene rings is 2. The van der Waals surface area contributed by atoms with Gasteiger partial charge in [0, 0.05) is 36.9 Å². The third-order valence-electron chi connectivity index (χ3n) is 8.19. The number of para-hydroxylation sites is 1. The average molecular weight is 790 g/mol. The van der Waals surface area contributed by atoms with Gasteiger partial charge in [0.25, 0.3) is 5.69 Å². The van der Waals surface area contributed by atoms with Crippen LogP contribution in [0, 0.1) is 28.4 Å². The summed E-state index contributed by atoms with van der Waals surface area (Å²) in [5, 5.41) is 22.0. The molecule has 0 radical (unpaired) electrons. The largest absolute Gasteiger partial charge is 0.469 e. The van der Waals surface area contributed by atoms with Gasteiger partial charge in [-0.1, -0.05) is 24.1 Å². The number of hydrogen-bond donors (Lipinski definition) is 2. The van der Waals surface area contributed by atoms with Crippen molar-refractivity contribution in [1.82, 2.24) is 9.29 Å². The Morgan fingerprint density at radius 3 is 2.28 bits per heavy atom. The van der Waals surface area contributed by atoms with E-state index in [-0.39, 0.29) is 55.5 Å². The number of methoxy groups -OCH3 is 2. The van der Waals surface area contributed by atoms with Crippen molar-refractivity contribution in [1.29, 1.82) is 0 Å². The van der Waals surface area contributed by atoms with Crippen LogP contribution in [0.25, 0.3) is 10.9 Å². The number of terminal acetylenes is 1. The minimum atomic E-state index is -4.24. The fourth-order valence-corrected chi connectivity index (χ4v) is 8.73. The zero-order valence-electron chi connectivity index (χ0n) is 32.0. The Labute approximate surface area is 317 Å². The number of esters is 1. The maximum atomic E-state index is 13.9. The highest BCUT2D eigenvalue weighted by Gasteiger charge is 2.41. The van der Waals surface area contributed by atoms with Gasteiger partial charge in [-0.25, -0.2) is 22.5 Å². The molecule has 296 valence electrons. The Kier molecular flexibility index (Phi) is 15.1. The summed E-state index contributed by atoms with van der Waals surface area (Å²) in [5.41, 5.74) is -1.47.